The van der Waals surface area contributed by atoms with E-state index in [-0.39, 0.29) is 17.4 Å². The molecule has 152 valence electrons. The second-order valence-corrected chi connectivity index (χ2v) is 9.79. The van der Waals surface area contributed by atoms with Gasteiger partial charge in [-0.05, 0) is 60.9 Å². The van der Waals surface area contributed by atoms with Crippen molar-refractivity contribution in [2.24, 2.45) is 0 Å². The maximum atomic E-state index is 12.8. The van der Waals surface area contributed by atoms with Gasteiger partial charge in [-0.3, -0.25) is 8.98 Å². The first-order chi connectivity index (χ1) is 14.3. The lowest BCUT2D eigenvalue weighted by Gasteiger charge is -2.19. The van der Waals surface area contributed by atoms with Crippen LogP contribution < -0.4 is 5.32 Å². The summed E-state index contributed by atoms with van der Waals surface area (Å²) in [6.45, 7) is 2.03. The number of carbonyl (C=O) groups excluding carboxylic acids is 1. The molecule has 0 radical (unpaired) electrons. The summed E-state index contributed by atoms with van der Waals surface area (Å²) in [5.74, 6) is -0.253. The molecule has 0 aliphatic carbocycles. The van der Waals surface area contributed by atoms with Gasteiger partial charge in [-0.25, -0.2) is 0 Å². The number of hydrogen-bond acceptors (Lipinski definition) is 4. The van der Waals surface area contributed by atoms with Gasteiger partial charge in [0.05, 0.1) is 17.1 Å². The van der Waals surface area contributed by atoms with Crippen LogP contribution in [0.2, 0.25) is 0 Å². The quantitative estimate of drug-likeness (QED) is 0.413. The third kappa shape index (κ3) is 3.12. The van der Waals surface area contributed by atoms with Gasteiger partial charge in [0, 0.05) is 32.7 Å². The number of hydrogen-bond donors (Lipinski definition) is 2. The number of halogens is 1. The first-order valence-corrected chi connectivity index (χ1v) is 11.6. The van der Waals surface area contributed by atoms with Crippen LogP contribution >= 0.6 is 15.9 Å². The van der Waals surface area contributed by atoms with Crippen molar-refractivity contribution in [3.8, 4) is 11.1 Å². The number of nitrogens with one attached hydrogen (secondary N) is 2. The predicted molar refractivity (Wildman–Crippen MR) is 118 cm³/mol. The van der Waals surface area contributed by atoms with E-state index in [1.807, 2.05) is 37.3 Å². The molecule has 0 atom stereocenters. The summed E-state index contributed by atoms with van der Waals surface area (Å²) in [7, 11) is -3.81. The van der Waals surface area contributed by atoms with Crippen molar-refractivity contribution in [1.29, 1.82) is 0 Å². The summed E-state index contributed by atoms with van der Waals surface area (Å²) in [6, 6.07) is 13.1. The maximum absolute atomic E-state index is 12.8. The minimum Gasteiger partial charge on any atom is -0.359 e. The van der Waals surface area contributed by atoms with Gasteiger partial charge in [-0.1, -0.05) is 28.1 Å². The van der Waals surface area contributed by atoms with Crippen molar-refractivity contribution in [2.45, 2.75) is 18.2 Å². The Kier molecular flexibility index (Phi) is 4.46. The molecular weight excluding hydrogens is 468 g/mol. The summed E-state index contributed by atoms with van der Waals surface area (Å²) in [5.41, 5.74) is 6.06. The predicted octanol–water partition coefficient (Wildman–Crippen LogP) is 4.51. The Labute approximate surface area is 182 Å². The number of rotatable bonds is 2. The average Bonchev–Trinajstić information content (AvgIpc) is 3.22. The molecule has 2 aliphatic heterocycles. The number of H-pyrrole nitrogens is 1. The molecule has 30 heavy (non-hydrogen) atoms. The molecule has 0 bridgehead atoms. The van der Waals surface area contributed by atoms with Crippen molar-refractivity contribution in [2.75, 3.05) is 11.9 Å². The highest BCUT2D eigenvalue weighted by molar-refractivity contribution is 9.10. The third-order valence-corrected chi connectivity index (χ3v) is 7.25. The van der Waals surface area contributed by atoms with Crippen molar-refractivity contribution in [1.82, 2.24) is 4.98 Å². The first kappa shape index (κ1) is 19.3. The zero-order chi connectivity index (χ0) is 21.0. The highest BCUT2D eigenvalue weighted by Gasteiger charge is 2.34. The molecule has 2 aliphatic rings. The molecule has 8 heteroatoms. The fourth-order valence-electron chi connectivity index (χ4n) is 4.02. The van der Waals surface area contributed by atoms with E-state index in [4.69, 9.17) is 4.18 Å². The Morgan fingerprint density at radius 1 is 1.13 bits per heavy atom. The van der Waals surface area contributed by atoms with Crippen molar-refractivity contribution < 1.29 is 17.4 Å². The highest BCUT2D eigenvalue weighted by atomic mass is 79.9. The van der Waals surface area contributed by atoms with Crippen molar-refractivity contribution in [3.05, 3.63) is 69.5 Å². The number of fused-ring (bicyclic) bond motifs is 3. The zero-order valence-electron chi connectivity index (χ0n) is 16.0. The van der Waals surface area contributed by atoms with E-state index in [9.17, 15) is 13.2 Å². The second kappa shape index (κ2) is 6.94. The van der Waals surface area contributed by atoms with E-state index in [0.717, 1.165) is 27.0 Å². The van der Waals surface area contributed by atoms with Crippen LogP contribution in [0.25, 0.3) is 22.8 Å². The Morgan fingerprint density at radius 2 is 1.90 bits per heavy atom. The van der Waals surface area contributed by atoms with Crippen LogP contribution in [-0.4, -0.2) is 25.9 Å². The molecule has 0 unspecified atom stereocenters. The molecule has 1 amide bonds. The van der Waals surface area contributed by atoms with E-state index in [2.05, 4.69) is 26.2 Å². The summed E-state index contributed by atoms with van der Waals surface area (Å²) in [4.78, 5) is 16.3. The Bertz CT molecular complexity index is 1340. The van der Waals surface area contributed by atoms with Crippen LogP contribution in [0.1, 0.15) is 22.5 Å². The SMILES string of the molecule is Cc1cc(-c2ccc(Br)cc2)c(/C=C2\C(=O)Nc3ccc4c(c32)CCOS4(=O)=O)[nH]1. The number of aryl methyl sites for hydroxylation is 1. The number of benzene rings is 2. The van der Waals surface area contributed by atoms with Crippen molar-refractivity contribution in [3.63, 3.8) is 0 Å². The first-order valence-electron chi connectivity index (χ1n) is 9.38. The number of amides is 1. The second-order valence-electron chi connectivity index (χ2n) is 7.29. The lowest BCUT2D eigenvalue weighted by molar-refractivity contribution is -0.110. The van der Waals surface area contributed by atoms with E-state index >= 15 is 0 Å². The van der Waals surface area contributed by atoms with Crippen molar-refractivity contribution >= 4 is 49.3 Å². The number of aromatic amines is 1. The van der Waals surface area contributed by atoms with E-state index in [1.54, 1.807) is 12.1 Å². The Balaban J connectivity index is 1.69. The standard InChI is InChI=1S/C22H17BrN2O4S/c1-12-10-16(13-2-4-14(23)5-3-13)19(24-12)11-17-21-15-8-9-29-30(27,28)20(15)7-6-18(21)25-22(17)26/h2-7,10-11,24H,8-9H2,1H3,(H,25,26)/b17-11-. The van der Waals surface area contributed by atoms with E-state index < -0.39 is 10.1 Å². The minimum atomic E-state index is -3.81. The molecular formula is C22H17BrN2O4S. The summed E-state index contributed by atoms with van der Waals surface area (Å²) in [6.07, 6.45) is 2.22. The summed E-state index contributed by atoms with van der Waals surface area (Å²) in [5, 5.41) is 2.86. The van der Waals surface area contributed by atoms with Crippen LogP contribution in [0.3, 0.4) is 0 Å². The zero-order valence-corrected chi connectivity index (χ0v) is 18.4. The maximum Gasteiger partial charge on any atom is 0.297 e. The minimum absolute atomic E-state index is 0.0685. The molecule has 2 N–H and O–H groups in total. The molecule has 0 saturated heterocycles. The van der Waals surface area contributed by atoms with Crippen LogP contribution in [0, 0.1) is 6.92 Å². The molecule has 3 heterocycles. The third-order valence-electron chi connectivity index (χ3n) is 5.32. The summed E-state index contributed by atoms with van der Waals surface area (Å²) < 4.78 is 30.6. The van der Waals surface area contributed by atoms with Crippen LogP contribution in [0.15, 0.2) is 51.8 Å². The van der Waals surface area contributed by atoms with Gasteiger partial charge in [0.25, 0.3) is 16.0 Å². The molecule has 0 fully saturated rings. The molecule has 2 aromatic carbocycles. The van der Waals surface area contributed by atoms with Gasteiger partial charge < -0.3 is 10.3 Å². The monoisotopic (exact) mass is 484 g/mol. The van der Waals surface area contributed by atoms with Gasteiger partial charge in [0.1, 0.15) is 0 Å². The van der Waals surface area contributed by atoms with Gasteiger partial charge >= 0.3 is 0 Å². The lowest BCUT2D eigenvalue weighted by Crippen LogP contribution is -2.19. The lowest BCUT2D eigenvalue weighted by atomic mass is 9.96. The van der Waals surface area contributed by atoms with E-state index in [1.165, 1.54) is 6.07 Å². The number of anilines is 1. The van der Waals surface area contributed by atoms with Crippen LogP contribution in [0.5, 0.6) is 0 Å². The average molecular weight is 485 g/mol. The Hall–Kier alpha value is -2.68. The van der Waals surface area contributed by atoms with E-state index in [0.29, 0.717) is 28.8 Å². The smallest absolute Gasteiger partial charge is 0.297 e. The number of aromatic nitrogens is 1. The van der Waals surface area contributed by atoms with Gasteiger partial charge in [0.2, 0.25) is 0 Å². The van der Waals surface area contributed by atoms with Gasteiger partial charge in [-0.15, -0.1) is 0 Å². The summed E-state index contributed by atoms with van der Waals surface area (Å²) >= 11 is 3.45. The largest absolute Gasteiger partial charge is 0.359 e. The number of carbonyl (C=O) groups is 1. The molecule has 1 aromatic heterocycles. The molecule has 3 aromatic rings. The molecule has 0 spiro atoms. The Morgan fingerprint density at radius 3 is 2.67 bits per heavy atom. The normalized spacial score (nSPS) is 18.2. The fraction of sp³-hybridized carbons (Fsp3) is 0.136. The van der Waals surface area contributed by atoms with Crippen LogP contribution in [-0.2, 0) is 25.5 Å². The molecule has 6 nitrogen and oxygen atoms in total. The molecule has 5 rings (SSSR count). The molecule has 0 saturated carbocycles. The topological polar surface area (TPSA) is 88.3 Å². The van der Waals surface area contributed by atoms with Crippen LogP contribution in [0.4, 0.5) is 5.69 Å². The van der Waals surface area contributed by atoms with Gasteiger partial charge in [0.15, 0.2) is 0 Å². The fourth-order valence-corrected chi connectivity index (χ4v) is 5.45. The highest BCUT2D eigenvalue weighted by Crippen LogP contribution is 2.41. The van der Waals surface area contributed by atoms with Gasteiger partial charge in [-0.2, -0.15) is 8.42 Å².